The third-order valence-corrected chi connectivity index (χ3v) is 2.68. The molecule has 0 aliphatic carbocycles. The van der Waals surface area contributed by atoms with Crippen LogP contribution in [-0.2, 0) is 0 Å². The summed E-state index contributed by atoms with van der Waals surface area (Å²) >= 11 is 0. The van der Waals surface area contributed by atoms with Crippen molar-refractivity contribution in [3.05, 3.63) is 59.7 Å². The Labute approximate surface area is 118 Å². The Morgan fingerprint density at radius 3 is 2.43 bits per heavy atom. The lowest BCUT2D eigenvalue weighted by molar-refractivity contribution is -0.274. The summed E-state index contributed by atoms with van der Waals surface area (Å²) < 4.78 is 45.4. The van der Waals surface area contributed by atoms with Gasteiger partial charge < -0.3 is 9.47 Å². The van der Waals surface area contributed by atoms with Crippen LogP contribution in [0, 0.1) is 0 Å². The standard InChI is InChI=1S/C15H11F3O3/c1-20-13-8-3-2-7-12(13)14(19)10-5-4-6-11(9-10)21-15(16,17)18/h2-9H,1H3. The minimum Gasteiger partial charge on any atom is -0.496 e. The minimum atomic E-state index is -4.80. The largest absolute Gasteiger partial charge is 0.573 e. The fourth-order valence-corrected chi connectivity index (χ4v) is 1.82. The van der Waals surface area contributed by atoms with E-state index in [0.29, 0.717) is 5.75 Å². The second-order valence-corrected chi connectivity index (χ2v) is 4.11. The normalized spacial score (nSPS) is 11.0. The third kappa shape index (κ3) is 3.75. The second-order valence-electron chi connectivity index (χ2n) is 4.11. The summed E-state index contributed by atoms with van der Waals surface area (Å²) in [5.74, 6) is -0.534. The predicted molar refractivity (Wildman–Crippen MR) is 69.6 cm³/mol. The quantitative estimate of drug-likeness (QED) is 0.804. The molecular weight excluding hydrogens is 285 g/mol. The number of benzene rings is 2. The van der Waals surface area contributed by atoms with Crippen LogP contribution in [0.5, 0.6) is 11.5 Å². The van der Waals surface area contributed by atoms with Crippen LogP contribution >= 0.6 is 0 Å². The molecule has 0 unspecified atom stereocenters. The van der Waals surface area contributed by atoms with Crippen LogP contribution in [0.25, 0.3) is 0 Å². The van der Waals surface area contributed by atoms with Crippen molar-refractivity contribution in [2.75, 3.05) is 7.11 Å². The lowest BCUT2D eigenvalue weighted by Crippen LogP contribution is -2.17. The van der Waals surface area contributed by atoms with Gasteiger partial charge in [0.05, 0.1) is 12.7 Å². The zero-order chi connectivity index (χ0) is 15.5. The van der Waals surface area contributed by atoms with Gasteiger partial charge in [-0.25, -0.2) is 0 Å². The minimum absolute atomic E-state index is 0.0845. The summed E-state index contributed by atoms with van der Waals surface area (Å²) in [6, 6.07) is 11.4. The molecule has 0 saturated heterocycles. The highest BCUT2D eigenvalue weighted by molar-refractivity contribution is 6.10. The van der Waals surface area contributed by atoms with Gasteiger partial charge in [-0.1, -0.05) is 24.3 Å². The average Bonchev–Trinajstić information content (AvgIpc) is 2.45. The van der Waals surface area contributed by atoms with Gasteiger partial charge in [-0.2, -0.15) is 0 Å². The highest BCUT2D eigenvalue weighted by atomic mass is 19.4. The second kappa shape index (κ2) is 5.87. The number of ether oxygens (including phenoxy) is 2. The molecule has 2 rings (SSSR count). The summed E-state index contributed by atoms with van der Waals surface area (Å²) in [4.78, 5) is 12.3. The first-order chi connectivity index (χ1) is 9.90. The molecule has 2 aromatic rings. The molecule has 2 aromatic carbocycles. The molecular formula is C15H11F3O3. The van der Waals surface area contributed by atoms with E-state index in [1.54, 1.807) is 24.3 Å². The fraction of sp³-hybridized carbons (Fsp3) is 0.133. The van der Waals surface area contributed by atoms with Gasteiger partial charge in [-0.05, 0) is 24.3 Å². The maximum absolute atomic E-state index is 12.3. The van der Waals surface area contributed by atoms with E-state index in [1.807, 2.05) is 0 Å². The van der Waals surface area contributed by atoms with Crippen LogP contribution in [0.15, 0.2) is 48.5 Å². The lowest BCUT2D eigenvalue weighted by atomic mass is 10.0. The zero-order valence-electron chi connectivity index (χ0n) is 11.0. The van der Waals surface area contributed by atoms with E-state index in [2.05, 4.69) is 4.74 Å². The van der Waals surface area contributed by atoms with E-state index in [0.717, 1.165) is 12.1 Å². The number of carbonyl (C=O) groups is 1. The van der Waals surface area contributed by atoms with Gasteiger partial charge in [0.1, 0.15) is 11.5 Å². The number of methoxy groups -OCH3 is 1. The van der Waals surface area contributed by atoms with E-state index in [-0.39, 0.29) is 11.1 Å². The molecule has 3 nitrogen and oxygen atoms in total. The van der Waals surface area contributed by atoms with Crippen molar-refractivity contribution in [3.63, 3.8) is 0 Å². The first kappa shape index (κ1) is 14.9. The van der Waals surface area contributed by atoms with Crippen molar-refractivity contribution in [3.8, 4) is 11.5 Å². The average molecular weight is 296 g/mol. The van der Waals surface area contributed by atoms with Crippen LogP contribution in [-0.4, -0.2) is 19.3 Å². The number of carbonyl (C=O) groups excluding carboxylic acids is 1. The summed E-state index contributed by atoms with van der Waals surface area (Å²) in [6.45, 7) is 0. The van der Waals surface area contributed by atoms with Gasteiger partial charge in [-0.15, -0.1) is 13.2 Å². The molecule has 6 heteroatoms. The Hall–Kier alpha value is -2.50. The molecule has 0 spiro atoms. The van der Waals surface area contributed by atoms with E-state index in [4.69, 9.17) is 4.74 Å². The molecule has 0 radical (unpaired) electrons. The maximum atomic E-state index is 12.3. The topological polar surface area (TPSA) is 35.5 Å². The van der Waals surface area contributed by atoms with Crippen molar-refractivity contribution in [1.29, 1.82) is 0 Å². The number of alkyl halides is 3. The molecule has 0 aliphatic heterocycles. The highest BCUT2D eigenvalue weighted by Gasteiger charge is 2.31. The molecule has 0 aromatic heterocycles. The van der Waals surface area contributed by atoms with E-state index in [9.17, 15) is 18.0 Å². The summed E-state index contributed by atoms with van der Waals surface area (Å²) in [5.41, 5.74) is 0.352. The Balaban J connectivity index is 2.33. The van der Waals surface area contributed by atoms with Gasteiger partial charge >= 0.3 is 6.36 Å². The maximum Gasteiger partial charge on any atom is 0.573 e. The summed E-state index contributed by atoms with van der Waals surface area (Å²) in [6.07, 6.45) is -4.80. The van der Waals surface area contributed by atoms with Crippen molar-refractivity contribution in [2.24, 2.45) is 0 Å². The monoisotopic (exact) mass is 296 g/mol. The molecule has 0 fully saturated rings. The Morgan fingerprint density at radius 2 is 1.76 bits per heavy atom. The van der Waals surface area contributed by atoms with Gasteiger partial charge in [0.2, 0.25) is 0 Å². The van der Waals surface area contributed by atoms with Gasteiger partial charge in [0.15, 0.2) is 5.78 Å². The van der Waals surface area contributed by atoms with Gasteiger partial charge in [-0.3, -0.25) is 4.79 Å². The number of hydrogen-bond donors (Lipinski definition) is 0. The predicted octanol–water partition coefficient (Wildman–Crippen LogP) is 3.82. The summed E-state index contributed by atoms with van der Waals surface area (Å²) in [5, 5.41) is 0. The Bertz CT molecular complexity index is 651. The van der Waals surface area contributed by atoms with Crippen molar-refractivity contribution in [2.45, 2.75) is 6.36 Å². The molecule has 0 heterocycles. The van der Waals surface area contributed by atoms with Crippen LogP contribution in [0.2, 0.25) is 0 Å². The SMILES string of the molecule is COc1ccccc1C(=O)c1cccc(OC(F)(F)F)c1. The molecule has 21 heavy (non-hydrogen) atoms. The lowest BCUT2D eigenvalue weighted by Gasteiger charge is -2.10. The number of para-hydroxylation sites is 1. The Kier molecular flexibility index (Phi) is 4.16. The molecule has 0 amide bonds. The van der Waals surface area contributed by atoms with Crippen molar-refractivity contribution in [1.82, 2.24) is 0 Å². The first-order valence-corrected chi connectivity index (χ1v) is 5.94. The van der Waals surface area contributed by atoms with Gasteiger partial charge in [0.25, 0.3) is 0 Å². The first-order valence-electron chi connectivity index (χ1n) is 5.94. The van der Waals surface area contributed by atoms with Crippen LogP contribution < -0.4 is 9.47 Å². The molecule has 0 N–H and O–H groups in total. The van der Waals surface area contributed by atoms with Crippen LogP contribution in [0.3, 0.4) is 0 Å². The highest BCUT2D eigenvalue weighted by Crippen LogP contribution is 2.26. The zero-order valence-corrected chi connectivity index (χ0v) is 11.0. The smallest absolute Gasteiger partial charge is 0.496 e. The fourth-order valence-electron chi connectivity index (χ4n) is 1.82. The molecule has 0 saturated carbocycles. The molecule has 0 atom stereocenters. The van der Waals surface area contributed by atoms with Crippen LogP contribution in [0.1, 0.15) is 15.9 Å². The van der Waals surface area contributed by atoms with E-state index < -0.39 is 17.9 Å². The van der Waals surface area contributed by atoms with Gasteiger partial charge in [0, 0.05) is 5.56 Å². The van der Waals surface area contributed by atoms with E-state index in [1.165, 1.54) is 19.2 Å². The number of hydrogen-bond acceptors (Lipinski definition) is 3. The Morgan fingerprint density at radius 1 is 1.05 bits per heavy atom. The third-order valence-electron chi connectivity index (χ3n) is 2.68. The molecule has 0 bridgehead atoms. The number of ketones is 1. The summed E-state index contributed by atoms with van der Waals surface area (Å²) in [7, 11) is 1.41. The van der Waals surface area contributed by atoms with Crippen molar-refractivity contribution < 1.29 is 27.4 Å². The van der Waals surface area contributed by atoms with Crippen LogP contribution in [0.4, 0.5) is 13.2 Å². The number of rotatable bonds is 4. The molecule has 110 valence electrons. The number of halogens is 3. The molecule has 0 aliphatic rings. The van der Waals surface area contributed by atoms with Crippen molar-refractivity contribution >= 4 is 5.78 Å². The van der Waals surface area contributed by atoms with E-state index >= 15 is 0 Å².